The molecule has 2 aromatic carbocycles. The Morgan fingerprint density at radius 3 is 2.37 bits per heavy atom. The third-order valence-corrected chi connectivity index (χ3v) is 7.18. The molecule has 1 saturated heterocycles. The van der Waals surface area contributed by atoms with Gasteiger partial charge in [0.15, 0.2) is 0 Å². The van der Waals surface area contributed by atoms with Crippen molar-refractivity contribution < 1.29 is 14.7 Å². The lowest BCUT2D eigenvalue weighted by atomic mass is 10.1. The van der Waals surface area contributed by atoms with Gasteiger partial charge in [-0.15, -0.1) is 0 Å². The molecule has 0 aliphatic carbocycles. The molecule has 3 heterocycles. The fourth-order valence-corrected chi connectivity index (χ4v) is 4.81. The summed E-state index contributed by atoms with van der Waals surface area (Å²) in [5, 5.41) is 20.8. The number of allylic oxidation sites excluding steroid dienone is 1. The standard InChI is InChI=1S/C31H33N7O3/c1-4-27(36(3)5-2)31(41)34-23-8-12-25(13-9-23)38-28-20-32-29(18-22(28)19-33-38)35-30(40)21-6-10-24(11-7-21)37-16-14-26(39)15-17-37/h4-13,18-20,26,39H,2,14-17H2,1,3H3,(H,34,41)(H,32,35,40). The Bertz CT molecular complexity index is 1580. The van der Waals surface area contributed by atoms with Crippen molar-refractivity contribution in [1.29, 1.82) is 0 Å². The van der Waals surface area contributed by atoms with Crippen LogP contribution in [0.15, 0.2) is 91.5 Å². The van der Waals surface area contributed by atoms with Crippen molar-refractivity contribution in [2.24, 2.45) is 0 Å². The first kappa shape index (κ1) is 27.6. The smallest absolute Gasteiger partial charge is 0.271 e. The Labute approximate surface area is 238 Å². The molecule has 0 unspecified atom stereocenters. The van der Waals surface area contributed by atoms with Crippen molar-refractivity contribution in [2.45, 2.75) is 25.9 Å². The minimum atomic E-state index is -0.247. The first-order valence-electron chi connectivity index (χ1n) is 13.5. The van der Waals surface area contributed by atoms with Crippen LogP contribution in [0.1, 0.15) is 30.1 Å². The molecule has 5 rings (SSSR count). The zero-order valence-electron chi connectivity index (χ0n) is 23.1. The summed E-state index contributed by atoms with van der Waals surface area (Å²) in [5.41, 5.74) is 4.30. The number of nitrogens with zero attached hydrogens (tertiary/aromatic N) is 5. The van der Waals surface area contributed by atoms with Gasteiger partial charge in [-0.1, -0.05) is 12.7 Å². The van der Waals surface area contributed by atoms with E-state index in [9.17, 15) is 14.7 Å². The molecule has 1 fully saturated rings. The number of carbonyl (C=O) groups is 2. The molecule has 2 amide bonds. The van der Waals surface area contributed by atoms with E-state index < -0.39 is 0 Å². The number of fused-ring (bicyclic) bond motifs is 1. The van der Waals surface area contributed by atoms with Gasteiger partial charge in [0.1, 0.15) is 11.5 Å². The highest BCUT2D eigenvalue weighted by molar-refractivity contribution is 6.05. The van der Waals surface area contributed by atoms with Crippen LogP contribution in [0.2, 0.25) is 0 Å². The fourth-order valence-electron chi connectivity index (χ4n) is 4.81. The average Bonchev–Trinajstić information content (AvgIpc) is 3.41. The molecular formula is C31H33N7O3. The summed E-state index contributed by atoms with van der Waals surface area (Å²) in [4.78, 5) is 33.8. The molecule has 1 aliphatic heterocycles. The number of piperidine rings is 1. The molecule has 4 aromatic rings. The number of nitrogens with one attached hydrogen (secondary N) is 2. The van der Waals surface area contributed by atoms with E-state index in [2.05, 4.69) is 32.2 Å². The molecule has 3 N–H and O–H groups in total. The second kappa shape index (κ2) is 12.1. The Morgan fingerprint density at radius 1 is 1.02 bits per heavy atom. The number of likely N-dealkylation sites (N-methyl/N-ethyl adjacent to an activating group) is 1. The normalized spacial score (nSPS) is 14.1. The minimum Gasteiger partial charge on any atom is -0.393 e. The van der Waals surface area contributed by atoms with Gasteiger partial charge in [0.25, 0.3) is 11.8 Å². The molecule has 210 valence electrons. The summed E-state index contributed by atoms with van der Waals surface area (Å²) in [6, 6.07) is 16.6. The van der Waals surface area contributed by atoms with Crippen LogP contribution in [0.3, 0.4) is 0 Å². The topological polar surface area (TPSA) is 116 Å². The maximum Gasteiger partial charge on any atom is 0.271 e. The number of benzene rings is 2. The van der Waals surface area contributed by atoms with Gasteiger partial charge in [-0.05, 0) is 80.6 Å². The number of aliphatic hydroxyl groups is 1. The molecule has 0 radical (unpaired) electrons. The number of carbonyl (C=O) groups excluding carboxylic acids is 2. The predicted molar refractivity (Wildman–Crippen MR) is 161 cm³/mol. The lowest BCUT2D eigenvalue weighted by Crippen LogP contribution is -2.35. The van der Waals surface area contributed by atoms with Crippen LogP contribution in [-0.2, 0) is 4.79 Å². The third-order valence-electron chi connectivity index (χ3n) is 7.18. The monoisotopic (exact) mass is 551 g/mol. The summed E-state index contributed by atoms with van der Waals surface area (Å²) in [6.45, 7) is 7.10. The van der Waals surface area contributed by atoms with Crippen molar-refractivity contribution in [2.75, 3.05) is 35.7 Å². The lowest BCUT2D eigenvalue weighted by Gasteiger charge is -2.31. The van der Waals surface area contributed by atoms with E-state index in [1.54, 1.807) is 66.4 Å². The quantitative estimate of drug-likeness (QED) is 0.275. The van der Waals surface area contributed by atoms with Crippen LogP contribution >= 0.6 is 0 Å². The number of hydrogen-bond acceptors (Lipinski definition) is 7. The average molecular weight is 552 g/mol. The number of rotatable bonds is 8. The molecule has 10 heteroatoms. The molecule has 0 bridgehead atoms. The molecule has 1 aliphatic rings. The summed E-state index contributed by atoms with van der Waals surface area (Å²) >= 11 is 0. The van der Waals surface area contributed by atoms with Gasteiger partial charge in [-0.2, -0.15) is 5.10 Å². The van der Waals surface area contributed by atoms with Crippen molar-refractivity contribution in [1.82, 2.24) is 19.7 Å². The second-order valence-corrected chi connectivity index (χ2v) is 9.87. The van der Waals surface area contributed by atoms with E-state index in [0.29, 0.717) is 22.8 Å². The van der Waals surface area contributed by atoms with Gasteiger partial charge < -0.3 is 25.5 Å². The molecule has 41 heavy (non-hydrogen) atoms. The molecular weight excluding hydrogens is 518 g/mol. The van der Waals surface area contributed by atoms with E-state index in [-0.39, 0.29) is 17.9 Å². The zero-order chi connectivity index (χ0) is 28.9. The summed E-state index contributed by atoms with van der Waals surface area (Å²) in [6.07, 6.45) is 7.97. The predicted octanol–water partition coefficient (Wildman–Crippen LogP) is 4.55. The lowest BCUT2D eigenvalue weighted by molar-refractivity contribution is -0.113. The highest BCUT2D eigenvalue weighted by atomic mass is 16.3. The van der Waals surface area contributed by atoms with Crippen LogP contribution < -0.4 is 15.5 Å². The van der Waals surface area contributed by atoms with E-state index in [1.165, 1.54) is 0 Å². The SMILES string of the molecule is C=CN(C)C(=CC)C(=O)Nc1ccc(-n2ncc3cc(NC(=O)c4ccc(N5CCC(O)CC5)cc4)ncc32)cc1. The number of amides is 2. The van der Waals surface area contributed by atoms with Gasteiger partial charge in [0.2, 0.25) is 0 Å². The Hall–Kier alpha value is -4.96. The number of pyridine rings is 1. The van der Waals surface area contributed by atoms with Gasteiger partial charge >= 0.3 is 0 Å². The van der Waals surface area contributed by atoms with Crippen molar-refractivity contribution in [3.8, 4) is 5.69 Å². The van der Waals surface area contributed by atoms with Crippen LogP contribution in [0.4, 0.5) is 17.2 Å². The first-order valence-corrected chi connectivity index (χ1v) is 13.5. The maximum atomic E-state index is 12.9. The van der Waals surface area contributed by atoms with Crippen LogP contribution in [0, 0.1) is 0 Å². The van der Waals surface area contributed by atoms with Gasteiger partial charge in [0.05, 0.1) is 29.7 Å². The van der Waals surface area contributed by atoms with Crippen molar-refractivity contribution in [3.05, 3.63) is 97.1 Å². The van der Waals surface area contributed by atoms with Crippen molar-refractivity contribution >= 4 is 39.9 Å². The molecule has 0 spiro atoms. The molecule has 2 aromatic heterocycles. The van der Waals surface area contributed by atoms with Crippen molar-refractivity contribution in [3.63, 3.8) is 0 Å². The Morgan fingerprint density at radius 2 is 1.71 bits per heavy atom. The maximum absolute atomic E-state index is 12.9. The molecule has 0 saturated carbocycles. The van der Waals surface area contributed by atoms with Crippen LogP contribution in [0.5, 0.6) is 0 Å². The number of aliphatic hydroxyl groups excluding tert-OH is 1. The van der Waals surface area contributed by atoms with Gasteiger partial charge in [-0.25, -0.2) is 9.67 Å². The number of hydrogen-bond donors (Lipinski definition) is 3. The zero-order valence-corrected chi connectivity index (χ0v) is 23.1. The Kier molecular flexibility index (Phi) is 8.11. The first-order chi connectivity index (χ1) is 19.9. The largest absolute Gasteiger partial charge is 0.393 e. The minimum absolute atomic E-state index is 0.227. The highest BCUT2D eigenvalue weighted by Gasteiger charge is 2.18. The van der Waals surface area contributed by atoms with E-state index in [4.69, 9.17) is 0 Å². The van der Waals surface area contributed by atoms with Crippen LogP contribution in [0.25, 0.3) is 16.6 Å². The summed E-state index contributed by atoms with van der Waals surface area (Å²) < 4.78 is 1.75. The number of aromatic nitrogens is 3. The summed E-state index contributed by atoms with van der Waals surface area (Å²) in [7, 11) is 1.76. The molecule has 0 atom stereocenters. The van der Waals surface area contributed by atoms with Gasteiger partial charge in [-0.3, -0.25) is 9.59 Å². The number of anilines is 3. The van der Waals surface area contributed by atoms with Crippen LogP contribution in [-0.4, -0.2) is 62.8 Å². The van der Waals surface area contributed by atoms with E-state index in [1.807, 2.05) is 36.4 Å². The third kappa shape index (κ3) is 6.12. The van der Waals surface area contributed by atoms with E-state index >= 15 is 0 Å². The highest BCUT2D eigenvalue weighted by Crippen LogP contribution is 2.23. The second-order valence-electron chi connectivity index (χ2n) is 9.87. The summed E-state index contributed by atoms with van der Waals surface area (Å²) in [5.74, 6) is -0.0500. The van der Waals surface area contributed by atoms with E-state index in [0.717, 1.165) is 48.2 Å². The molecule has 10 nitrogen and oxygen atoms in total. The Balaban J connectivity index is 1.24. The van der Waals surface area contributed by atoms with Gasteiger partial charge in [0, 0.05) is 42.5 Å². The fraction of sp³-hybridized carbons (Fsp3) is 0.226.